The Kier molecular flexibility index (Phi) is 5.97. The van der Waals surface area contributed by atoms with Crippen LogP contribution in [0, 0.1) is 10.1 Å². The number of nitro benzene ring substituents is 1. The number of nitrogen functional groups attached to an aromatic ring is 1. The van der Waals surface area contributed by atoms with Gasteiger partial charge >= 0.3 is 0 Å². The quantitative estimate of drug-likeness (QED) is 0.407. The number of aliphatic hydroxyl groups excluding tert-OH is 1. The van der Waals surface area contributed by atoms with Crippen molar-refractivity contribution in [3.05, 3.63) is 58.1 Å². The number of nitro groups is 1. The number of anilines is 1. The van der Waals surface area contributed by atoms with E-state index in [0.29, 0.717) is 17.0 Å². The third-order valence-corrected chi connectivity index (χ3v) is 4.44. The van der Waals surface area contributed by atoms with Crippen LogP contribution in [0.5, 0.6) is 0 Å². The standard InChI is InChI=1S/C16H19N3O3S/c17-12-5-8-16(15(9-12)19(21)22)23-14-6-2-11(3-7-14)1-4-13(18)10-20/h2-3,5-9,13,20H,1,4,10,17-18H2/t13-/m1/s1. The maximum Gasteiger partial charge on any atom is 0.285 e. The highest BCUT2D eigenvalue weighted by molar-refractivity contribution is 7.99. The van der Waals surface area contributed by atoms with Gasteiger partial charge in [-0.15, -0.1) is 0 Å². The summed E-state index contributed by atoms with van der Waals surface area (Å²) >= 11 is 1.33. The normalized spacial score (nSPS) is 12.1. The van der Waals surface area contributed by atoms with Gasteiger partial charge in [0.15, 0.2) is 0 Å². The largest absolute Gasteiger partial charge is 0.399 e. The van der Waals surface area contributed by atoms with E-state index in [-0.39, 0.29) is 18.3 Å². The van der Waals surface area contributed by atoms with Crippen molar-refractivity contribution in [2.24, 2.45) is 5.73 Å². The van der Waals surface area contributed by atoms with Gasteiger partial charge in [0, 0.05) is 22.7 Å². The van der Waals surface area contributed by atoms with Crippen molar-refractivity contribution < 1.29 is 10.0 Å². The first-order chi connectivity index (χ1) is 11.0. The zero-order chi connectivity index (χ0) is 16.8. The Balaban J connectivity index is 2.08. The van der Waals surface area contributed by atoms with Gasteiger partial charge in [0.1, 0.15) is 0 Å². The Morgan fingerprint density at radius 1 is 1.22 bits per heavy atom. The minimum atomic E-state index is -0.427. The number of hydrogen-bond acceptors (Lipinski definition) is 6. The monoisotopic (exact) mass is 333 g/mol. The Morgan fingerprint density at radius 3 is 2.52 bits per heavy atom. The predicted molar refractivity (Wildman–Crippen MR) is 91.5 cm³/mol. The molecule has 0 aliphatic carbocycles. The third-order valence-electron chi connectivity index (χ3n) is 3.37. The van der Waals surface area contributed by atoms with Crippen LogP contribution in [0.1, 0.15) is 12.0 Å². The number of hydrogen-bond donors (Lipinski definition) is 3. The van der Waals surface area contributed by atoms with Gasteiger partial charge in [0.2, 0.25) is 0 Å². The van der Waals surface area contributed by atoms with Gasteiger partial charge in [-0.2, -0.15) is 0 Å². The maximum atomic E-state index is 11.1. The zero-order valence-electron chi connectivity index (χ0n) is 12.5. The van der Waals surface area contributed by atoms with Gasteiger partial charge in [-0.25, -0.2) is 0 Å². The van der Waals surface area contributed by atoms with Crippen LogP contribution in [0.15, 0.2) is 52.3 Å². The van der Waals surface area contributed by atoms with Crippen LogP contribution >= 0.6 is 11.8 Å². The van der Waals surface area contributed by atoms with Crippen molar-refractivity contribution in [1.82, 2.24) is 0 Å². The second kappa shape index (κ2) is 7.96. The lowest BCUT2D eigenvalue weighted by molar-refractivity contribution is -0.387. The van der Waals surface area contributed by atoms with E-state index in [2.05, 4.69) is 0 Å². The van der Waals surface area contributed by atoms with Crippen molar-refractivity contribution >= 4 is 23.1 Å². The highest BCUT2D eigenvalue weighted by atomic mass is 32.2. The van der Waals surface area contributed by atoms with Crippen LogP contribution in [0.3, 0.4) is 0 Å². The van der Waals surface area contributed by atoms with E-state index in [4.69, 9.17) is 16.6 Å². The summed E-state index contributed by atoms with van der Waals surface area (Å²) in [4.78, 5) is 12.1. The molecule has 0 saturated carbocycles. The number of nitrogens with zero attached hydrogens (tertiary/aromatic N) is 1. The SMILES string of the molecule is Nc1ccc(Sc2ccc(CC[C@@H](N)CO)cc2)c([N+](=O)[O-])c1. The topological polar surface area (TPSA) is 115 Å². The number of aryl methyl sites for hydroxylation is 1. The number of rotatable bonds is 7. The highest BCUT2D eigenvalue weighted by Crippen LogP contribution is 2.35. The van der Waals surface area contributed by atoms with Crippen molar-refractivity contribution in [2.45, 2.75) is 28.7 Å². The lowest BCUT2D eigenvalue weighted by atomic mass is 10.1. The molecule has 0 bridgehead atoms. The summed E-state index contributed by atoms with van der Waals surface area (Å²) in [5.74, 6) is 0. The van der Waals surface area contributed by atoms with Gasteiger partial charge in [-0.1, -0.05) is 23.9 Å². The lowest BCUT2D eigenvalue weighted by Gasteiger charge is -2.08. The predicted octanol–water partition coefficient (Wildman–Crippen LogP) is 2.58. The lowest BCUT2D eigenvalue weighted by Crippen LogP contribution is -2.24. The van der Waals surface area contributed by atoms with Gasteiger partial charge in [-0.05, 0) is 42.7 Å². The Hall–Kier alpha value is -2.09. The molecule has 0 radical (unpaired) electrons. The molecule has 122 valence electrons. The molecule has 0 fully saturated rings. The average Bonchev–Trinajstić information content (AvgIpc) is 2.55. The fraction of sp³-hybridized carbons (Fsp3) is 0.250. The molecule has 2 aromatic rings. The summed E-state index contributed by atoms with van der Waals surface area (Å²) in [5.41, 5.74) is 12.8. The molecule has 0 amide bonds. The molecule has 0 spiro atoms. The summed E-state index contributed by atoms with van der Waals surface area (Å²) in [5, 5.41) is 20.0. The summed E-state index contributed by atoms with van der Waals surface area (Å²) in [6, 6.07) is 12.3. The molecule has 6 nitrogen and oxygen atoms in total. The zero-order valence-corrected chi connectivity index (χ0v) is 13.3. The van der Waals surface area contributed by atoms with Crippen LogP contribution in [0.4, 0.5) is 11.4 Å². The molecule has 0 aromatic heterocycles. The first-order valence-corrected chi connectivity index (χ1v) is 7.98. The van der Waals surface area contributed by atoms with E-state index < -0.39 is 4.92 Å². The van der Waals surface area contributed by atoms with Crippen LogP contribution in [0.25, 0.3) is 0 Å². The second-order valence-electron chi connectivity index (χ2n) is 5.21. The Labute approximate surface area is 138 Å². The molecule has 5 N–H and O–H groups in total. The molecule has 23 heavy (non-hydrogen) atoms. The number of aliphatic hydroxyl groups is 1. The van der Waals surface area contributed by atoms with Crippen LogP contribution < -0.4 is 11.5 Å². The molecule has 2 aromatic carbocycles. The van der Waals surface area contributed by atoms with Crippen molar-refractivity contribution in [3.63, 3.8) is 0 Å². The molecule has 2 rings (SSSR count). The van der Waals surface area contributed by atoms with Gasteiger partial charge in [0.25, 0.3) is 5.69 Å². The summed E-state index contributed by atoms with van der Waals surface area (Å²) in [6.07, 6.45) is 1.50. The fourth-order valence-corrected chi connectivity index (χ4v) is 2.96. The number of nitrogens with two attached hydrogens (primary N) is 2. The van der Waals surface area contributed by atoms with Crippen LogP contribution in [0.2, 0.25) is 0 Å². The van der Waals surface area contributed by atoms with Crippen molar-refractivity contribution in [1.29, 1.82) is 0 Å². The molecule has 0 heterocycles. The molecule has 7 heteroatoms. The van der Waals surface area contributed by atoms with Crippen molar-refractivity contribution in [2.75, 3.05) is 12.3 Å². The highest BCUT2D eigenvalue weighted by Gasteiger charge is 2.15. The Morgan fingerprint density at radius 2 is 1.91 bits per heavy atom. The van der Waals surface area contributed by atoms with Crippen molar-refractivity contribution in [3.8, 4) is 0 Å². The minimum Gasteiger partial charge on any atom is -0.399 e. The molecular weight excluding hydrogens is 314 g/mol. The fourth-order valence-electron chi connectivity index (χ4n) is 2.06. The molecule has 1 atom stereocenters. The summed E-state index contributed by atoms with van der Waals surface area (Å²) in [7, 11) is 0. The second-order valence-corrected chi connectivity index (χ2v) is 6.33. The van der Waals surface area contributed by atoms with E-state index in [1.54, 1.807) is 12.1 Å². The van der Waals surface area contributed by atoms with E-state index in [0.717, 1.165) is 16.9 Å². The van der Waals surface area contributed by atoms with E-state index in [9.17, 15) is 10.1 Å². The van der Waals surface area contributed by atoms with Crippen LogP contribution in [-0.2, 0) is 6.42 Å². The van der Waals surface area contributed by atoms with Gasteiger partial charge in [0.05, 0.1) is 16.4 Å². The summed E-state index contributed by atoms with van der Waals surface area (Å²) in [6.45, 7) is -0.0191. The van der Waals surface area contributed by atoms with Gasteiger partial charge in [-0.3, -0.25) is 10.1 Å². The average molecular weight is 333 g/mol. The Bertz CT molecular complexity index is 677. The van der Waals surface area contributed by atoms with Crippen LogP contribution in [-0.4, -0.2) is 22.7 Å². The molecule has 0 saturated heterocycles. The van der Waals surface area contributed by atoms with E-state index in [1.807, 2.05) is 24.3 Å². The molecular formula is C16H19N3O3S. The maximum absolute atomic E-state index is 11.1. The minimum absolute atomic E-state index is 0.00740. The van der Waals surface area contributed by atoms with E-state index >= 15 is 0 Å². The summed E-state index contributed by atoms with van der Waals surface area (Å²) < 4.78 is 0. The molecule has 0 aliphatic heterocycles. The first-order valence-electron chi connectivity index (χ1n) is 7.16. The van der Waals surface area contributed by atoms with E-state index in [1.165, 1.54) is 17.8 Å². The first kappa shape index (κ1) is 17.3. The molecule has 0 unspecified atom stereocenters. The number of benzene rings is 2. The molecule has 0 aliphatic rings. The van der Waals surface area contributed by atoms with Gasteiger partial charge < -0.3 is 16.6 Å². The smallest absolute Gasteiger partial charge is 0.285 e. The third kappa shape index (κ3) is 4.95.